The van der Waals surface area contributed by atoms with Crippen molar-refractivity contribution in [2.75, 3.05) is 26.2 Å². The fraction of sp³-hybridized carbons (Fsp3) is 0.733. The Labute approximate surface area is 150 Å². The number of morpholine rings is 1. The molecule has 0 aromatic carbocycles. The van der Waals surface area contributed by atoms with Crippen molar-refractivity contribution >= 4 is 30.7 Å². The number of hydrogen-bond acceptors (Lipinski definition) is 4. The Hall–Kier alpha value is -0.820. The van der Waals surface area contributed by atoms with E-state index in [0.29, 0.717) is 26.2 Å². The lowest BCUT2D eigenvalue weighted by Gasteiger charge is -2.39. The van der Waals surface area contributed by atoms with Crippen LogP contribution in [0.5, 0.6) is 0 Å². The summed E-state index contributed by atoms with van der Waals surface area (Å²) in [5.41, 5.74) is 6.47. The molecule has 1 aliphatic heterocycles. The number of aryl methyl sites for hydroxylation is 1. The predicted octanol–water partition coefficient (Wildman–Crippen LogP) is 1.93. The highest BCUT2D eigenvalue weighted by Crippen LogP contribution is 2.30. The van der Waals surface area contributed by atoms with Crippen LogP contribution in [-0.4, -0.2) is 46.8 Å². The molecule has 1 unspecified atom stereocenters. The van der Waals surface area contributed by atoms with Crippen molar-refractivity contribution in [1.82, 2.24) is 14.7 Å². The largest absolute Gasteiger partial charge is 0.370 e. The molecular weight excluding hydrogens is 339 g/mol. The number of ether oxygens (including phenoxy) is 1. The second-order valence-electron chi connectivity index (χ2n) is 5.75. The van der Waals surface area contributed by atoms with Crippen LogP contribution in [0.4, 0.5) is 0 Å². The number of hydrogen-bond donors (Lipinski definition) is 1. The van der Waals surface area contributed by atoms with E-state index >= 15 is 0 Å². The molecule has 2 N–H and O–H groups in total. The number of halogens is 2. The molecule has 1 atom stereocenters. The topological polar surface area (TPSA) is 73.4 Å². The van der Waals surface area contributed by atoms with Gasteiger partial charge in [-0.2, -0.15) is 5.10 Å². The standard InChI is InChI=1S/C15H26N4O2.2ClH/c1-4-15(5-2,11-16)14(20)19-6-7-21-13(10-19)12-8-17-18(3)9-12;;/h8-9,13H,4-7,10-11,16H2,1-3H3;2*1H. The van der Waals surface area contributed by atoms with Crippen molar-refractivity contribution in [3.63, 3.8) is 0 Å². The van der Waals surface area contributed by atoms with Crippen LogP contribution in [0, 0.1) is 5.41 Å². The monoisotopic (exact) mass is 366 g/mol. The van der Waals surface area contributed by atoms with Gasteiger partial charge in [-0.1, -0.05) is 13.8 Å². The normalized spacial score (nSPS) is 18.1. The number of amides is 1. The maximum atomic E-state index is 12.9. The van der Waals surface area contributed by atoms with E-state index in [1.807, 2.05) is 32.0 Å². The van der Waals surface area contributed by atoms with Gasteiger partial charge in [0.2, 0.25) is 5.91 Å². The fourth-order valence-electron chi connectivity index (χ4n) is 2.91. The highest BCUT2D eigenvalue weighted by atomic mass is 35.5. The van der Waals surface area contributed by atoms with Gasteiger partial charge in [0.25, 0.3) is 0 Å². The minimum absolute atomic E-state index is 0. The number of carbonyl (C=O) groups excluding carboxylic acids is 1. The molecule has 1 fully saturated rings. The first-order valence-corrected chi connectivity index (χ1v) is 7.66. The van der Waals surface area contributed by atoms with Crippen molar-refractivity contribution in [2.45, 2.75) is 32.8 Å². The first kappa shape index (κ1) is 22.2. The molecule has 2 rings (SSSR count). The van der Waals surface area contributed by atoms with E-state index in [-0.39, 0.29) is 36.8 Å². The Morgan fingerprint density at radius 1 is 1.43 bits per heavy atom. The van der Waals surface area contributed by atoms with Gasteiger partial charge in [-0.3, -0.25) is 9.48 Å². The van der Waals surface area contributed by atoms with Crippen molar-refractivity contribution in [2.24, 2.45) is 18.2 Å². The predicted molar refractivity (Wildman–Crippen MR) is 95.0 cm³/mol. The Morgan fingerprint density at radius 3 is 2.57 bits per heavy atom. The maximum Gasteiger partial charge on any atom is 0.230 e. The summed E-state index contributed by atoms with van der Waals surface area (Å²) >= 11 is 0. The molecule has 2 heterocycles. The van der Waals surface area contributed by atoms with Gasteiger partial charge in [-0.05, 0) is 12.8 Å². The molecule has 1 aromatic heterocycles. The van der Waals surface area contributed by atoms with Crippen LogP contribution in [0.25, 0.3) is 0 Å². The van der Waals surface area contributed by atoms with Gasteiger partial charge < -0.3 is 15.4 Å². The lowest BCUT2D eigenvalue weighted by Crippen LogP contribution is -2.51. The Bertz CT molecular complexity index is 483. The van der Waals surface area contributed by atoms with Crippen LogP contribution in [0.15, 0.2) is 12.4 Å². The highest BCUT2D eigenvalue weighted by molar-refractivity contribution is 5.85. The molecule has 134 valence electrons. The SMILES string of the molecule is CCC(CC)(CN)C(=O)N1CCOC(c2cnn(C)c2)C1.Cl.Cl. The Kier molecular flexibility index (Phi) is 9.13. The summed E-state index contributed by atoms with van der Waals surface area (Å²) < 4.78 is 7.54. The van der Waals surface area contributed by atoms with Gasteiger partial charge in [0.15, 0.2) is 0 Å². The number of carbonyl (C=O) groups is 1. The Balaban J connectivity index is 0.00000242. The summed E-state index contributed by atoms with van der Waals surface area (Å²) in [7, 11) is 1.88. The summed E-state index contributed by atoms with van der Waals surface area (Å²) in [6.07, 6.45) is 5.19. The van der Waals surface area contributed by atoms with Gasteiger partial charge in [-0.25, -0.2) is 0 Å². The van der Waals surface area contributed by atoms with E-state index in [0.717, 1.165) is 18.4 Å². The first-order valence-electron chi connectivity index (χ1n) is 7.66. The van der Waals surface area contributed by atoms with Crippen LogP contribution in [0.3, 0.4) is 0 Å². The van der Waals surface area contributed by atoms with Crippen LogP contribution in [0.1, 0.15) is 38.4 Å². The highest BCUT2D eigenvalue weighted by Gasteiger charge is 2.39. The van der Waals surface area contributed by atoms with Gasteiger partial charge in [0, 0.05) is 31.9 Å². The van der Waals surface area contributed by atoms with Gasteiger partial charge >= 0.3 is 0 Å². The van der Waals surface area contributed by atoms with E-state index in [2.05, 4.69) is 5.10 Å². The summed E-state index contributed by atoms with van der Waals surface area (Å²) in [6, 6.07) is 0. The minimum Gasteiger partial charge on any atom is -0.370 e. The molecule has 23 heavy (non-hydrogen) atoms. The first-order chi connectivity index (χ1) is 10.1. The van der Waals surface area contributed by atoms with E-state index in [4.69, 9.17) is 10.5 Å². The second kappa shape index (κ2) is 9.47. The lowest BCUT2D eigenvalue weighted by atomic mass is 9.80. The lowest BCUT2D eigenvalue weighted by molar-refractivity contribution is -0.150. The van der Waals surface area contributed by atoms with Crippen LogP contribution >= 0.6 is 24.8 Å². The van der Waals surface area contributed by atoms with Crippen molar-refractivity contribution < 1.29 is 9.53 Å². The molecule has 1 aliphatic rings. The summed E-state index contributed by atoms with van der Waals surface area (Å²) in [5.74, 6) is 0.159. The summed E-state index contributed by atoms with van der Waals surface area (Å²) in [5, 5.41) is 4.17. The molecule has 1 amide bonds. The van der Waals surface area contributed by atoms with E-state index in [1.165, 1.54) is 0 Å². The van der Waals surface area contributed by atoms with Crippen molar-refractivity contribution in [1.29, 1.82) is 0 Å². The third kappa shape index (κ3) is 4.59. The van der Waals surface area contributed by atoms with E-state index in [9.17, 15) is 4.79 Å². The maximum absolute atomic E-state index is 12.9. The molecule has 0 bridgehead atoms. The number of aromatic nitrogens is 2. The molecule has 0 aliphatic carbocycles. The Morgan fingerprint density at radius 2 is 2.09 bits per heavy atom. The zero-order valence-corrected chi connectivity index (χ0v) is 15.7. The third-order valence-electron chi connectivity index (χ3n) is 4.65. The minimum atomic E-state index is -0.434. The quantitative estimate of drug-likeness (QED) is 0.863. The smallest absolute Gasteiger partial charge is 0.230 e. The molecular formula is C15H28Cl2N4O2. The van der Waals surface area contributed by atoms with Crippen LogP contribution in [-0.2, 0) is 16.6 Å². The molecule has 1 saturated heterocycles. The van der Waals surface area contributed by atoms with Crippen LogP contribution < -0.4 is 5.73 Å². The van der Waals surface area contributed by atoms with E-state index in [1.54, 1.807) is 10.9 Å². The molecule has 0 saturated carbocycles. The molecule has 0 spiro atoms. The number of rotatable bonds is 5. The average Bonchev–Trinajstić information content (AvgIpc) is 2.96. The summed E-state index contributed by atoms with van der Waals surface area (Å²) in [6.45, 7) is 6.23. The van der Waals surface area contributed by atoms with Crippen LogP contribution in [0.2, 0.25) is 0 Å². The van der Waals surface area contributed by atoms with Crippen molar-refractivity contribution in [3.05, 3.63) is 18.0 Å². The fourth-order valence-corrected chi connectivity index (χ4v) is 2.91. The zero-order chi connectivity index (χ0) is 15.5. The van der Waals surface area contributed by atoms with Crippen molar-refractivity contribution in [3.8, 4) is 0 Å². The molecule has 1 aromatic rings. The third-order valence-corrected chi connectivity index (χ3v) is 4.65. The van der Waals surface area contributed by atoms with E-state index < -0.39 is 5.41 Å². The molecule has 6 nitrogen and oxygen atoms in total. The molecule has 8 heteroatoms. The average molecular weight is 367 g/mol. The zero-order valence-electron chi connectivity index (χ0n) is 14.0. The second-order valence-corrected chi connectivity index (χ2v) is 5.75. The summed E-state index contributed by atoms with van der Waals surface area (Å²) in [4.78, 5) is 14.8. The number of nitrogens with two attached hydrogens (primary N) is 1. The molecule has 0 radical (unpaired) electrons. The van der Waals surface area contributed by atoms with Gasteiger partial charge in [0.1, 0.15) is 6.10 Å². The van der Waals surface area contributed by atoms with Gasteiger partial charge in [-0.15, -0.1) is 24.8 Å². The number of nitrogens with zero attached hydrogens (tertiary/aromatic N) is 3. The van der Waals surface area contributed by atoms with Gasteiger partial charge in [0.05, 0.1) is 24.8 Å².